The van der Waals surface area contributed by atoms with Gasteiger partial charge in [0.2, 0.25) is 0 Å². The Labute approximate surface area is 198 Å². The Bertz CT molecular complexity index is 1200. The first-order valence-electron chi connectivity index (χ1n) is 12.4. The second-order valence-electron chi connectivity index (χ2n) is 10.9. The summed E-state index contributed by atoms with van der Waals surface area (Å²) in [6, 6.07) is 12.1. The van der Waals surface area contributed by atoms with Gasteiger partial charge in [-0.3, -0.25) is 9.78 Å². The summed E-state index contributed by atoms with van der Waals surface area (Å²) in [5.74, 6) is 1.62. The van der Waals surface area contributed by atoms with Crippen LogP contribution in [0.5, 0.6) is 5.75 Å². The number of nitrogens with zero attached hydrogens (tertiary/aromatic N) is 3. The number of ether oxygens (including phenoxy) is 1. The molecule has 0 radical (unpaired) electrons. The number of carboxylic acid groups (broad SMARTS) is 1. The second kappa shape index (κ2) is 6.74. The molecule has 2 unspecified atom stereocenters. The summed E-state index contributed by atoms with van der Waals surface area (Å²) in [5.41, 5.74) is 2.95. The van der Waals surface area contributed by atoms with Crippen LogP contribution in [0.4, 0.5) is 4.79 Å². The molecule has 0 spiro atoms. The minimum Gasteiger partial charge on any atom is -0.497 e. The van der Waals surface area contributed by atoms with Gasteiger partial charge in [0.15, 0.2) is 0 Å². The van der Waals surface area contributed by atoms with Crippen molar-refractivity contribution in [1.82, 2.24) is 14.8 Å². The van der Waals surface area contributed by atoms with Crippen LogP contribution >= 0.6 is 0 Å². The first-order chi connectivity index (χ1) is 16.5. The number of carbonyl (C=O) groups is 2. The van der Waals surface area contributed by atoms with Crippen molar-refractivity contribution in [2.75, 3.05) is 20.2 Å². The number of piperidine rings is 1. The molecule has 4 fully saturated rings. The van der Waals surface area contributed by atoms with E-state index in [1.54, 1.807) is 18.2 Å². The molecule has 5 aliphatic rings. The molecular weight excluding hydrogens is 430 g/mol. The summed E-state index contributed by atoms with van der Waals surface area (Å²) < 4.78 is 5.65. The van der Waals surface area contributed by atoms with Gasteiger partial charge in [-0.25, -0.2) is 4.79 Å². The maximum absolute atomic E-state index is 13.5. The smallest absolute Gasteiger partial charge is 0.407 e. The molecule has 7 nitrogen and oxygen atoms in total. The van der Waals surface area contributed by atoms with Gasteiger partial charge in [-0.15, -0.1) is 0 Å². The lowest BCUT2D eigenvalue weighted by Gasteiger charge is -2.66. The van der Waals surface area contributed by atoms with Crippen LogP contribution in [0.3, 0.4) is 0 Å². The lowest BCUT2D eigenvalue weighted by molar-refractivity contribution is -0.0908. The monoisotopic (exact) mass is 459 g/mol. The summed E-state index contributed by atoms with van der Waals surface area (Å²) in [6.45, 7) is 1.30. The SMILES string of the molecule is COc1ccc2c(c1)[C@]13CCN(C(=O)O)[C@H](C2)[C@]12CCC1C3[C@@H](CN1C(=O)c1ccccn1)C2. The molecule has 2 aromatic rings. The van der Waals surface area contributed by atoms with Crippen LogP contribution in [-0.2, 0) is 11.8 Å². The molecule has 176 valence electrons. The van der Waals surface area contributed by atoms with Crippen LogP contribution in [0, 0.1) is 17.3 Å². The van der Waals surface area contributed by atoms with E-state index in [-0.39, 0.29) is 28.8 Å². The van der Waals surface area contributed by atoms with E-state index in [1.807, 2.05) is 24.3 Å². The summed E-state index contributed by atoms with van der Waals surface area (Å²) in [7, 11) is 1.71. The van der Waals surface area contributed by atoms with Crippen LogP contribution in [0.2, 0.25) is 0 Å². The van der Waals surface area contributed by atoms with Crippen molar-refractivity contribution < 1.29 is 19.4 Å². The van der Waals surface area contributed by atoms with E-state index in [9.17, 15) is 14.7 Å². The molecule has 34 heavy (non-hydrogen) atoms. The highest BCUT2D eigenvalue weighted by Gasteiger charge is 2.76. The van der Waals surface area contributed by atoms with E-state index >= 15 is 0 Å². The minimum absolute atomic E-state index is 0.00568. The number of aromatic nitrogens is 1. The summed E-state index contributed by atoms with van der Waals surface area (Å²) in [4.78, 5) is 34.0. The predicted octanol–water partition coefficient (Wildman–Crippen LogP) is 3.58. The van der Waals surface area contributed by atoms with E-state index in [2.05, 4.69) is 22.0 Å². The van der Waals surface area contributed by atoms with Crippen LogP contribution in [0.1, 0.15) is 47.3 Å². The predicted molar refractivity (Wildman–Crippen MR) is 124 cm³/mol. The van der Waals surface area contributed by atoms with Crippen molar-refractivity contribution in [3.63, 3.8) is 0 Å². The fourth-order valence-corrected chi connectivity index (χ4v) is 9.22. The third-order valence-electron chi connectivity index (χ3n) is 10.1. The summed E-state index contributed by atoms with van der Waals surface area (Å²) >= 11 is 0. The number of rotatable bonds is 2. The van der Waals surface area contributed by atoms with E-state index in [0.717, 1.165) is 44.4 Å². The molecule has 6 atom stereocenters. The standard InChI is InChI=1S/C27H29N3O4/c1-34-18-6-5-16-12-22-26-8-7-21-23(27(26,19(16)13-18)9-11-29(22)25(32)33)17(14-26)15-30(21)24(31)20-4-2-3-10-28-20/h2-6,10,13,17,21-23H,7-9,11-12,14-15H2,1H3,(H,32,33)/t17-,21?,22-,23?,26-,27+/m1/s1. The highest BCUT2D eigenvalue weighted by Crippen LogP contribution is 2.75. The number of fused-ring (bicyclic) bond motifs is 1. The fraction of sp³-hybridized carbons (Fsp3) is 0.519. The first-order valence-corrected chi connectivity index (χ1v) is 12.4. The Kier molecular flexibility index (Phi) is 4.02. The Balaban J connectivity index is 1.38. The largest absolute Gasteiger partial charge is 0.497 e. The summed E-state index contributed by atoms with van der Waals surface area (Å²) in [6.07, 6.45) is 5.37. The van der Waals surface area contributed by atoms with E-state index in [4.69, 9.17) is 4.74 Å². The molecule has 1 aromatic carbocycles. The normalized spacial score (nSPS) is 36.6. The van der Waals surface area contributed by atoms with Crippen LogP contribution in [-0.4, -0.2) is 64.2 Å². The first kappa shape index (κ1) is 20.3. The van der Waals surface area contributed by atoms with Crippen LogP contribution in [0.15, 0.2) is 42.6 Å². The van der Waals surface area contributed by atoms with Gasteiger partial charge in [-0.1, -0.05) is 12.1 Å². The van der Waals surface area contributed by atoms with Gasteiger partial charge in [-0.2, -0.15) is 0 Å². The van der Waals surface area contributed by atoms with Gasteiger partial charge in [0.25, 0.3) is 5.91 Å². The molecule has 1 N–H and O–H groups in total. The van der Waals surface area contributed by atoms with Crippen LogP contribution < -0.4 is 4.74 Å². The fourth-order valence-electron chi connectivity index (χ4n) is 9.22. The van der Waals surface area contributed by atoms with E-state index in [1.165, 1.54) is 11.1 Å². The van der Waals surface area contributed by atoms with Crippen molar-refractivity contribution in [2.45, 2.75) is 49.6 Å². The average molecular weight is 460 g/mol. The van der Waals surface area contributed by atoms with Crippen molar-refractivity contribution in [2.24, 2.45) is 17.3 Å². The molecule has 3 heterocycles. The molecule has 2 amide bonds. The van der Waals surface area contributed by atoms with Gasteiger partial charge in [0, 0.05) is 42.2 Å². The molecule has 2 saturated carbocycles. The molecule has 2 aliphatic heterocycles. The number of benzene rings is 1. The zero-order valence-electron chi connectivity index (χ0n) is 19.3. The molecule has 4 bridgehead atoms. The third-order valence-corrected chi connectivity index (χ3v) is 10.1. The van der Waals surface area contributed by atoms with Crippen molar-refractivity contribution in [3.05, 3.63) is 59.4 Å². The topological polar surface area (TPSA) is 83.0 Å². The highest BCUT2D eigenvalue weighted by atomic mass is 16.5. The number of methoxy groups -OCH3 is 1. The second-order valence-corrected chi connectivity index (χ2v) is 10.9. The van der Waals surface area contributed by atoms with E-state index in [0.29, 0.717) is 24.1 Å². The lowest BCUT2D eigenvalue weighted by atomic mass is 9.43. The minimum atomic E-state index is -0.795. The van der Waals surface area contributed by atoms with E-state index < -0.39 is 6.09 Å². The Morgan fingerprint density at radius 1 is 1.18 bits per heavy atom. The van der Waals surface area contributed by atoms with Gasteiger partial charge >= 0.3 is 6.09 Å². The van der Waals surface area contributed by atoms with Crippen molar-refractivity contribution >= 4 is 12.0 Å². The quantitative estimate of drug-likeness (QED) is 0.742. The van der Waals surface area contributed by atoms with Crippen LogP contribution in [0.25, 0.3) is 0 Å². The number of carbonyl (C=O) groups excluding carboxylic acids is 1. The molecule has 1 aromatic heterocycles. The molecular formula is C27H29N3O4. The number of amides is 2. The average Bonchev–Trinajstić information content (AvgIpc) is 3.30. The zero-order chi connectivity index (χ0) is 23.2. The summed E-state index contributed by atoms with van der Waals surface area (Å²) in [5, 5.41) is 10.1. The number of likely N-dealkylation sites (tertiary alicyclic amines) is 2. The van der Waals surface area contributed by atoms with Crippen molar-refractivity contribution in [1.29, 1.82) is 0 Å². The number of pyridine rings is 1. The van der Waals surface area contributed by atoms with Gasteiger partial charge in [0.05, 0.1) is 7.11 Å². The maximum Gasteiger partial charge on any atom is 0.407 e. The lowest BCUT2D eigenvalue weighted by Crippen LogP contribution is -2.70. The third kappa shape index (κ3) is 2.26. The Hall–Kier alpha value is -3.09. The molecule has 2 saturated heterocycles. The Morgan fingerprint density at radius 3 is 2.82 bits per heavy atom. The maximum atomic E-state index is 13.5. The molecule has 7 heteroatoms. The van der Waals surface area contributed by atoms with Gasteiger partial charge in [0.1, 0.15) is 11.4 Å². The van der Waals surface area contributed by atoms with Crippen molar-refractivity contribution in [3.8, 4) is 5.75 Å². The number of hydrogen-bond acceptors (Lipinski definition) is 4. The molecule has 7 rings (SSSR count). The zero-order valence-corrected chi connectivity index (χ0v) is 19.3. The highest BCUT2D eigenvalue weighted by molar-refractivity contribution is 5.92. The molecule has 3 aliphatic carbocycles. The Morgan fingerprint density at radius 2 is 2.06 bits per heavy atom. The van der Waals surface area contributed by atoms with Gasteiger partial charge < -0.3 is 19.6 Å². The number of hydrogen-bond donors (Lipinski definition) is 1. The van der Waals surface area contributed by atoms with Gasteiger partial charge in [-0.05, 0) is 79.3 Å².